The number of benzene rings is 3. The lowest BCUT2D eigenvalue weighted by Crippen LogP contribution is -2.45. The smallest absolute Gasteiger partial charge is 0.261 e. The van der Waals surface area contributed by atoms with Gasteiger partial charge in [-0.2, -0.15) is 0 Å². The standard InChI is InChI=1S/C32H33ClN4O4/c33-24-4-1-5-27(20-24)41-21-30(38)37-19-3-7-29(37)32(40)36-26-16-12-23(13-17-26)9-8-22-10-14-25(15-11-22)35-31(39)28-6-2-18-34-28/h1,4-5,8-17,20,28-29,34H,2-3,6-7,18-19,21H2,(H,35,39)(H,36,40)/b9-8+/t28-,29-/m0/s1. The van der Waals surface area contributed by atoms with Crippen LogP contribution in [0.4, 0.5) is 11.4 Å². The predicted molar refractivity (Wildman–Crippen MR) is 162 cm³/mol. The molecule has 8 nitrogen and oxygen atoms in total. The third-order valence-electron chi connectivity index (χ3n) is 7.24. The van der Waals surface area contributed by atoms with Crippen LogP contribution in [0.15, 0.2) is 72.8 Å². The van der Waals surface area contributed by atoms with Gasteiger partial charge in [0.2, 0.25) is 11.8 Å². The minimum atomic E-state index is -0.535. The SMILES string of the molecule is O=C(Nc1ccc(/C=C/c2ccc(NC(=O)[C@@H]3CCCN3C(=O)COc3cccc(Cl)c3)cc2)cc1)[C@@H]1CCCN1. The van der Waals surface area contributed by atoms with Gasteiger partial charge in [-0.1, -0.05) is 54.1 Å². The van der Waals surface area contributed by atoms with E-state index in [0.717, 1.165) is 42.6 Å². The zero-order valence-corrected chi connectivity index (χ0v) is 23.4. The molecule has 5 rings (SSSR count). The minimum Gasteiger partial charge on any atom is -0.484 e. The van der Waals surface area contributed by atoms with Crippen molar-refractivity contribution in [1.82, 2.24) is 10.2 Å². The summed E-state index contributed by atoms with van der Waals surface area (Å²) in [5, 5.41) is 9.63. The van der Waals surface area contributed by atoms with Crippen molar-refractivity contribution < 1.29 is 19.1 Å². The Morgan fingerprint density at radius 1 is 0.878 bits per heavy atom. The number of carbonyl (C=O) groups excluding carboxylic acids is 3. The second-order valence-electron chi connectivity index (χ2n) is 10.2. The Morgan fingerprint density at radius 3 is 2.15 bits per heavy atom. The van der Waals surface area contributed by atoms with Crippen LogP contribution in [0, 0.1) is 0 Å². The maximum absolute atomic E-state index is 13.0. The third-order valence-corrected chi connectivity index (χ3v) is 7.47. The number of hydrogen-bond donors (Lipinski definition) is 3. The van der Waals surface area contributed by atoms with Crippen molar-refractivity contribution in [2.45, 2.75) is 37.8 Å². The molecular formula is C32H33ClN4O4. The first kappa shape index (κ1) is 28.4. The molecule has 212 valence electrons. The van der Waals surface area contributed by atoms with Gasteiger partial charge in [0, 0.05) is 22.9 Å². The number of likely N-dealkylation sites (tertiary alicyclic amines) is 1. The highest BCUT2D eigenvalue weighted by atomic mass is 35.5. The van der Waals surface area contributed by atoms with Crippen molar-refractivity contribution in [1.29, 1.82) is 0 Å². The number of rotatable bonds is 9. The molecule has 3 amide bonds. The molecule has 0 unspecified atom stereocenters. The van der Waals surface area contributed by atoms with Crippen LogP contribution in [0.2, 0.25) is 5.02 Å². The number of carbonyl (C=O) groups is 3. The summed E-state index contributed by atoms with van der Waals surface area (Å²) in [7, 11) is 0. The lowest BCUT2D eigenvalue weighted by atomic mass is 10.1. The van der Waals surface area contributed by atoms with Crippen LogP contribution in [-0.2, 0) is 14.4 Å². The van der Waals surface area contributed by atoms with Gasteiger partial charge in [0.05, 0.1) is 6.04 Å². The maximum Gasteiger partial charge on any atom is 0.261 e. The van der Waals surface area contributed by atoms with Crippen LogP contribution < -0.4 is 20.7 Å². The molecule has 41 heavy (non-hydrogen) atoms. The van der Waals surface area contributed by atoms with E-state index in [0.29, 0.717) is 29.4 Å². The van der Waals surface area contributed by atoms with Gasteiger partial charge >= 0.3 is 0 Å². The van der Waals surface area contributed by atoms with Gasteiger partial charge < -0.3 is 25.6 Å². The molecule has 3 aromatic rings. The zero-order chi connectivity index (χ0) is 28.6. The monoisotopic (exact) mass is 572 g/mol. The van der Waals surface area contributed by atoms with Gasteiger partial charge in [0.1, 0.15) is 11.8 Å². The zero-order valence-electron chi connectivity index (χ0n) is 22.6. The fourth-order valence-corrected chi connectivity index (χ4v) is 5.21. The lowest BCUT2D eigenvalue weighted by molar-refractivity contribution is -0.138. The van der Waals surface area contributed by atoms with Crippen LogP contribution in [0.1, 0.15) is 36.8 Å². The molecule has 0 radical (unpaired) electrons. The number of anilines is 2. The summed E-state index contributed by atoms with van der Waals surface area (Å²) in [4.78, 5) is 39.6. The third kappa shape index (κ3) is 7.74. The van der Waals surface area contributed by atoms with E-state index in [1.54, 1.807) is 29.2 Å². The van der Waals surface area contributed by atoms with Crippen LogP contribution in [0.25, 0.3) is 12.2 Å². The van der Waals surface area contributed by atoms with Crippen molar-refractivity contribution in [3.05, 3.63) is 88.9 Å². The summed E-state index contributed by atoms with van der Waals surface area (Å²) in [6, 6.07) is 21.5. The summed E-state index contributed by atoms with van der Waals surface area (Å²) in [5.41, 5.74) is 3.42. The summed E-state index contributed by atoms with van der Waals surface area (Å²) >= 11 is 5.98. The molecule has 0 bridgehead atoms. The van der Waals surface area contributed by atoms with E-state index in [-0.39, 0.29) is 30.4 Å². The average molecular weight is 573 g/mol. The van der Waals surface area contributed by atoms with Gasteiger partial charge in [-0.05, 0) is 85.8 Å². The molecule has 2 fully saturated rings. The van der Waals surface area contributed by atoms with E-state index >= 15 is 0 Å². The first-order valence-electron chi connectivity index (χ1n) is 13.9. The molecule has 9 heteroatoms. The Hall–Kier alpha value is -4.14. The molecular weight excluding hydrogens is 540 g/mol. The van der Waals surface area contributed by atoms with Crippen LogP contribution >= 0.6 is 11.6 Å². The van der Waals surface area contributed by atoms with Gasteiger partial charge in [-0.15, -0.1) is 0 Å². The number of amides is 3. The first-order chi connectivity index (χ1) is 19.9. The number of hydrogen-bond acceptors (Lipinski definition) is 5. The van der Waals surface area contributed by atoms with E-state index in [1.807, 2.05) is 60.7 Å². The molecule has 2 aliphatic heterocycles. The van der Waals surface area contributed by atoms with Crippen molar-refractivity contribution in [3.63, 3.8) is 0 Å². The van der Waals surface area contributed by atoms with E-state index in [9.17, 15) is 14.4 Å². The number of ether oxygens (including phenoxy) is 1. The minimum absolute atomic E-state index is 0.00744. The highest BCUT2D eigenvalue weighted by molar-refractivity contribution is 6.30. The van der Waals surface area contributed by atoms with Crippen molar-refractivity contribution >= 4 is 52.8 Å². The quantitative estimate of drug-likeness (QED) is 0.306. The topological polar surface area (TPSA) is 99.8 Å². The molecule has 2 saturated heterocycles. The number of nitrogens with one attached hydrogen (secondary N) is 3. The predicted octanol–water partition coefficient (Wildman–Crippen LogP) is 5.21. The van der Waals surface area contributed by atoms with E-state index < -0.39 is 6.04 Å². The molecule has 2 aliphatic rings. The molecule has 3 N–H and O–H groups in total. The summed E-state index contributed by atoms with van der Waals surface area (Å²) in [5.74, 6) is 0.0770. The van der Waals surface area contributed by atoms with Crippen molar-refractivity contribution in [2.24, 2.45) is 0 Å². The largest absolute Gasteiger partial charge is 0.484 e. The number of nitrogens with zero attached hydrogens (tertiary/aromatic N) is 1. The second kappa shape index (κ2) is 13.5. The molecule has 0 spiro atoms. The Morgan fingerprint density at radius 2 is 1.54 bits per heavy atom. The molecule has 2 heterocycles. The summed E-state index contributed by atoms with van der Waals surface area (Å²) in [6.45, 7) is 1.25. The Labute approximate surface area is 244 Å². The Kier molecular flexibility index (Phi) is 9.33. The van der Waals surface area contributed by atoms with Gasteiger partial charge in [-0.25, -0.2) is 0 Å². The van der Waals surface area contributed by atoms with Crippen molar-refractivity contribution in [2.75, 3.05) is 30.3 Å². The average Bonchev–Trinajstić information content (AvgIpc) is 3.70. The Balaban J connectivity index is 1.11. The van der Waals surface area contributed by atoms with Gasteiger partial charge in [0.25, 0.3) is 5.91 Å². The molecule has 0 saturated carbocycles. The first-order valence-corrected chi connectivity index (χ1v) is 14.2. The van der Waals surface area contributed by atoms with E-state index in [4.69, 9.17) is 16.3 Å². The molecule has 3 aromatic carbocycles. The highest BCUT2D eigenvalue weighted by Crippen LogP contribution is 2.22. The van der Waals surface area contributed by atoms with E-state index in [1.165, 1.54) is 0 Å². The number of halogens is 1. The molecule has 0 aliphatic carbocycles. The van der Waals surface area contributed by atoms with Crippen LogP contribution in [-0.4, -0.2) is 54.4 Å². The lowest BCUT2D eigenvalue weighted by Gasteiger charge is -2.24. The van der Waals surface area contributed by atoms with Crippen LogP contribution in [0.5, 0.6) is 5.75 Å². The highest BCUT2D eigenvalue weighted by Gasteiger charge is 2.34. The Bertz CT molecular complexity index is 1400. The van der Waals surface area contributed by atoms with E-state index in [2.05, 4.69) is 16.0 Å². The normalized spacial score (nSPS) is 18.4. The maximum atomic E-state index is 13.0. The summed E-state index contributed by atoms with van der Waals surface area (Å²) in [6.07, 6.45) is 7.24. The van der Waals surface area contributed by atoms with Crippen LogP contribution in [0.3, 0.4) is 0 Å². The fourth-order valence-electron chi connectivity index (χ4n) is 5.03. The summed E-state index contributed by atoms with van der Waals surface area (Å²) < 4.78 is 5.58. The molecule has 0 aromatic heterocycles. The fraction of sp³-hybridized carbons (Fsp3) is 0.281. The second-order valence-corrected chi connectivity index (χ2v) is 10.6. The van der Waals surface area contributed by atoms with Gasteiger partial charge in [0.15, 0.2) is 6.61 Å². The van der Waals surface area contributed by atoms with Crippen molar-refractivity contribution in [3.8, 4) is 5.75 Å². The molecule has 2 atom stereocenters. The van der Waals surface area contributed by atoms with Gasteiger partial charge in [-0.3, -0.25) is 14.4 Å².